The summed E-state index contributed by atoms with van der Waals surface area (Å²) >= 11 is 0. The third kappa shape index (κ3) is 6.10. The minimum absolute atomic E-state index is 0.0463. The van der Waals surface area contributed by atoms with Crippen LogP contribution in [0, 0.1) is 23.4 Å². The van der Waals surface area contributed by atoms with Crippen molar-refractivity contribution >= 4 is 22.8 Å². The molecule has 3 aromatic rings. The molecule has 0 atom stereocenters. The average molecular weight is 432 g/mol. The van der Waals surface area contributed by atoms with Gasteiger partial charge in [0.15, 0.2) is 0 Å². The topological polar surface area (TPSA) is 85.2 Å². The standard InChI is InChI=1S/C14H8F3N.C5H9NO.C4H6O2/c15-10-3-1-8(2-4-10)13-6-9-5-11(16)7-12(17)14(9)18-13;6-5(7)4-2-1-3-4;5-4-2-1-3-6-4/h1-7,18H;4H,1-3H2,(H2,6,7);1-3H2. The fourth-order valence-corrected chi connectivity index (χ4v) is 3.12. The zero-order chi connectivity index (χ0) is 22.4. The minimum atomic E-state index is -0.640. The Labute approximate surface area is 177 Å². The van der Waals surface area contributed by atoms with Gasteiger partial charge in [0.1, 0.15) is 17.5 Å². The van der Waals surface area contributed by atoms with Gasteiger partial charge in [0, 0.05) is 29.5 Å². The molecule has 0 spiro atoms. The number of primary amides is 1. The van der Waals surface area contributed by atoms with Crippen LogP contribution in [-0.4, -0.2) is 23.5 Å². The third-order valence-electron chi connectivity index (χ3n) is 5.10. The molecule has 3 N–H and O–H groups in total. The quantitative estimate of drug-likeness (QED) is 0.568. The first-order valence-corrected chi connectivity index (χ1v) is 10.0. The molecule has 1 aromatic heterocycles. The molecular formula is C23H23F3N2O3. The summed E-state index contributed by atoms with van der Waals surface area (Å²) in [7, 11) is 0. The number of aromatic amines is 1. The van der Waals surface area contributed by atoms with Crippen LogP contribution in [0.5, 0.6) is 0 Å². The number of cyclic esters (lactones) is 1. The summed E-state index contributed by atoms with van der Waals surface area (Å²) in [6.45, 7) is 0.638. The molecule has 1 amide bonds. The Morgan fingerprint density at radius 1 is 1.00 bits per heavy atom. The average Bonchev–Trinajstić information content (AvgIpc) is 3.30. The minimum Gasteiger partial charge on any atom is -0.466 e. The molecule has 2 heterocycles. The number of aromatic nitrogens is 1. The molecule has 1 saturated carbocycles. The van der Waals surface area contributed by atoms with Crippen LogP contribution in [0.4, 0.5) is 13.2 Å². The highest BCUT2D eigenvalue weighted by molar-refractivity contribution is 5.86. The van der Waals surface area contributed by atoms with Crippen molar-refractivity contribution in [2.75, 3.05) is 6.61 Å². The number of fused-ring (bicyclic) bond motifs is 1. The van der Waals surface area contributed by atoms with Gasteiger partial charge in [-0.05, 0) is 61.2 Å². The van der Waals surface area contributed by atoms with Gasteiger partial charge in [-0.15, -0.1) is 0 Å². The first kappa shape index (κ1) is 22.4. The lowest BCUT2D eigenvalue weighted by atomic mass is 9.85. The summed E-state index contributed by atoms with van der Waals surface area (Å²) in [4.78, 5) is 23.1. The van der Waals surface area contributed by atoms with Crippen LogP contribution in [0.15, 0.2) is 42.5 Å². The van der Waals surface area contributed by atoms with E-state index in [-0.39, 0.29) is 29.1 Å². The van der Waals surface area contributed by atoms with E-state index in [1.165, 1.54) is 24.6 Å². The van der Waals surface area contributed by atoms with E-state index in [2.05, 4.69) is 9.72 Å². The lowest BCUT2D eigenvalue weighted by Crippen LogP contribution is -2.28. The van der Waals surface area contributed by atoms with Crippen molar-refractivity contribution < 1.29 is 27.5 Å². The SMILES string of the molecule is Fc1ccc(-c2cc3cc(F)cc(F)c3[nH]2)cc1.NC(=O)C1CCC1.O=C1CCCO1. The molecule has 5 rings (SSSR count). The fourth-order valence-electron chi connectivity index (χ4n) is 3.12. The van der Waals surface area contributed by atoms with Gasteiger partial charge >= 0.3 is 5.97 Å². The first-order chi connectivity index (χ1) is 14.8. The van der Waals surface area contributed by atoms with Gasteiger partial charge in [-0.3, -0.25) is 9.59 Å². The maximum absolute atomic E-state index is 13.5. The number of hydrogen-bond acceptors (Lipinski definition) is 3. The highest BCUT2D eigenvalue weighted by Gasteiger charge is 2.22. The van der Waals surface area contributed by atoms with Crippen LogP contribution < -0.4 is 5.73 Å². The molecule has 2 aliphatic rings. The molecule has 1 saturated heterocycles. The summed E-state index contributed by atoms with van der Waals surface area (Å²) in [5.74, 6) is -1.55. The van der Waals surface area contributed by atoms with E-state index in [1.807, 2.05) is 0 Å². The van der Waals surface area contributed by atoms with Gasteiger partial charge in [-0.25, -0.2) is 13.2 Å². The first-order valence-electron chi connectivity index (χ1n) is 10.0. The second kappa shape index (κ2) is 10.1. The Bertz CT molecular complexity index is 1050. The highest BCUT2D eigenvalue weighted by atomic mass is 19.1. The summed E-state index contributed by atoms with van der Waals surface area (Å²) < 4.78 is 43.9. The number of nitrogens with one attached hydrogen (secondary N) is 1. The maximum Gasteiger partial charge on any atom is 0.305 e. The number of ether oxygens (including phenoxy) is 1. The molecular weight excluding hydrogens is 409 g/mol. The Hall–Kier alpha value is -3.29. The van der Waals surface area contributed by atoms with Gasteiger partial charge in [-0.2, -0.15) is 0 Å². The number of amides is 1. The molecule has 8 heteroatoms. The van der Waals surface area contributed by atoms with Crippen molar-refractivity contribution in [3.05, 3.63) is 59.9 Å². The summed E-state index contributed by atoms with van der Waals surface area (Å²) in [5.41, 5.74) is 6.54. The molecule has 164 valence electrons. The zero-order valence-corrected chi connectivity index (χ0v) is 16.8. The lowest BCUT2D eigenvalue weighted by molar-refractivity contribution is -0.138. The monoisotopic (exact) mass is 432 g/mol. The molecule has 0 radical (unpaired) electrons. The molecule has 1 aliphatic heterocycles. The Balaban J connectivity index is 0.000000171. The van der Waals surface area contributed by atoms with Crippen LogP contribution in [0.2, 0.25) is 0 Å². The number of benzene rings is 2. The Morgan fingerprint density at radius 2 is 1.71 bits per heavy atom. The lowest BCUT2D eigenvalue weighted by Gasteiger charge is -2.20. The van der Waals surface area contributed by atoms with E-state index in [4.69, 9.17) is 5.73 Å². The normalized spacial score (nSPS) is 15.3. The molecule has 5 nitrogen and oxygen atoms in total. The van der Waals surface area contributed by atoms with Crippen LogP contribution in [0.3, 0.4) is 0 Å². The van der Waals surface area contributed by atoms with Crippen molar-refractivity contribution in [3.8, 4) is 11.3 Å². The fraction of sp³-hybridized carbons (Fsp3) is 0.304. The Morgan fingerprint density at radius 3 is 2.16 bits per heavy atom. The number of hydrogen-bond donors (Lipinski definition) is 2. The number of carbonyl (C=O) groups is 2. The number of H-pyrrole nitrogens is 1. The molecule has 2 aromatic carbocycles. The summed E-state index contributed by atoms with van der Waals surface area (Å²) in [6, 6.07) is 9.50. The van der Waals surface area contributed by atoms with E-state index in [0.717, 1.165) is 25.3 Å². The van der Waals surface area contributed by atoms with Gasteiger partial charge in [-0.1, -0.05) is 6.42 Å². The largest absolute Gasteiger partial charge is 0.466 e. The second-order valence-electron chi connectivity index (χ2n) is 7.40. The van der Waals surface area contributed by atoms with Crippen LogP contribution in [0.25, 0.3) is 22.2 Å². The number of esters is 1. The van der Waals surface area contributed by atoms with Crippen molar-refractivity contribution in [3.63, 3.8) is 0 Å². The van der Waals surface area contributed by atoms with Crippen molar-refractivity contribution in [1.29, 1.82) is 0 Å². The van der Waals surface area contributed by atoms with Gasteiger partial charge < -0.3 is 15.5 Å². The van der Waals surface area contributed by atoms with E-state index in [0.29, 0.717) is 29.7 Å². The Kier molecular flexibility index (Phi) is 7.33. The maximum atomic E-state index is 13.5. The highest BCUT2D eigenvalue weighted by Crippen LogP contribution is 2.27. The number of rotatable bonds is 2. The molecule has 1 aliphatic carbocycles. The molecule has 2 fully saturated rings. The third-order valence-corrected chi connectivity index (χ3v) is 5.10. The predicted octanol–water partition coefficient (Wildman–Crippen LogP) is 4.85. The van der Waals surface area contributed by atoms with Crippen LogP contribution in [-0.2, 0) is 14.3 Å². The van der Waals surface area contributed by atoms with Gasteiger partial charge in [0.05, 0.1) is 12.1 Å². The van der Waals surface area contributed by atoms with Crippen molar-refractivity contribution in [2.24, 2.45) is 11.7 Å². The van der Waals surface area contributed by atoms with Gasteiger partial charge in [0.25, 0.3) is 0 Å². The molecule has 0 unspecified atom stereocenters. The van der Waals surface area contributed by atoms with Crippen LogP contribution in [0.1, 0.15) is 32.1 Å². The van der Waals surface area contributed by atoms with E-state index < -0.39 is 11.6 Å². The summed E-state index contributed by atoms with van der Waals surface area (Å²) in [6.07, 6.45) is 4.77. The van der Waals surface area contributed by atoms with Crippen molar-refractivity contribution in [1.82, 2.24) is 4.98 Å². The number of halogens is 3. The van der Waals surface area contributed by atoms with Crippen molar-refractivity contribution in [2.45, 2.75) is 32.1 Å². The number of nitrogens with two attached hydrogens (primary N) is 1. The van der Waals surface area contributed by atoms with E-state index in [1.54, 1.807) is 18.2 Å². The number of carbonyl (C=O) groups excluding carboxylic acids is 2. The smallest absolute Gasteiger partial charge is 0.305 e. The van der Waals surface area contributed by atoms with Crippen LogP contribution >= 0.6 is 0 Å². The van der Waals surface area contributed by atoms with E-state index >= 15 is 0 Å². The second-order valence-corrected chi connectivity index (χ2v) is 7.40. The summed E-state index contributed by atoms with van der Waals surface area (Å²) in [5, 5.41) is 0.451. The predicted molar refractivity (Wildman–Crippen MR) is 110 cm³/mol. The van der Waals surface area contributed by atoms with Gasteiger partial charge in [0.2, 0.25) is 5.91 Å². The van der Waals surface area contributed by atoms with E-state index in [9.17, 15) is 22.8 Å². The molecule has 31 heavy (non-hydrogen) atoms. The molecule has 0 bridgehead atoms. The zero-order valence-electron chi connectivity index (χ0n) is 16.8.